The summed E-state index contributed by atoms with van der Waals surface area (Å²) < 4.78 is 7.72. The number of aromatic nitrogens is 6. The molecule has 0 radical (unpaired) electrons. The van der Waals surface area contributed by atoms with Crippen molar-refractivity contribution in [3.05, 3.63) is 31.0 Å². The van der Waals surface area contributed by atoms with Gasteiger partial charge in [0.1, 0.15) is 12.1 Å². The van der Waals surface area contributed by atoms with E-state index in [9.17, 15) is 0 Å². The minimum atomic E-state index is 0.0931. The monoisotopic (exact) mass is 285 g/mol. The molecule has 108 valence electrons. The van der Waals surface area contributed by atoms with Crippen LogP contribution < -0.4 is 4.90 Å². The highest BCUT2D eigenvalue weighted by atomic mass is 16.5. The summed E-state index contributed by atoms with van der Waals surface area (Å²) in [5.74, 6) is 0.905. The lowest BCUT2D eigenvalue weighted by molar-refractivity contribution is 0.0273. The van der Waals surface area contributed by atoms with Gasteiger partial charge in [0, 0.05) is 25.5 Å². The molecule has 0 bridgehead atoms. The fourth-order valence-electron chi connectivity index (χ4n) is 2.64. The van der Waals surface area contributed by atoms with Crippen LogP contribution in [0.15, 0.2) is 31.0 Å². The van der Waals surface area contributed by atoms with Crippen LogP contribution in [0.3, 0.4) is 0 Å². The fourth-order valence-corrected chi connectivity index (χ4v) is 2.64. The van der Waals surface area contributed by atoms with Crippen molar-refractivity contribution < 1.29 is 4.74 Å². The van der Waals surface area contributed by atoms with Gasteiger partial charge in [-0.25, -0.2) is 9.97 Å². The Balaban J connectivity index is 1.56. The van der Waals surface area contributed by atoms with E-state index in [1.54, 1.807) is 18.7 Å². The predicted octanol–water partition coefficient (Wildman–Crippen LogP) is 0.455. The molecule has 0 saturated carbocycles. The van der Waals surface area contributed by atoms with Crippen molar-refractivity contribution in [3.8, 4) is 0 Å². The Kier molecular flexibility index (Phi) is 3.00. The minimum absolute atomic E-state index is 0.0931. The average molecular weight is 285 g/mol. The Morgan fingerprint density at radius 1 is 1.38 bits per heavy atom. The number of anilines is 1. The maximum Gasteiger partial charge on any atom is 0.160 e. The lowest BCUT2D eigenvalue weighted by Crippen LogP contribution is -2.44. The number of aromatic amines is 1. The summed E-state index contributed by atoms with van der Waals surface area (Å²) in [6, 6.07) is 1.92. The molecule has 0 spiro atoms. The maximum absolute atomic E-state index is 5.83. The zero-order valence-corrected chi connectivity index (χ0v) is 11.4. The molecule has 1 saturated heterocycles. The first kappa shape index (κ1) is 12.3. The smallest absolute Gasteiger partial charge is 0.160 e. The molecular formula is C13H15N7O. The van der Waals surface area contributed by atoms with Crippen LogP contribution in [0.25, 0.3) is 11.0 Å². The predicted molar refractivity (Wildman–Crippen MR) is 75.9 cm³/mol. The molecule has 1 unspecified atom stereocenters. The highest BCUT2D eigenvalue weighted by molar-refractivity contribution is 5.86. The lowest BCUT2D eigenvalue weighted by Gasteiger charge is -2.33. The molecule has 0 aliphatic carbocycles. The van der Waals surface area contributed by atoms with E-state index in [2.05, 4.69) is 30.2 Å². The molecule has 21 heavy (non-hydrogen) atoms. The lowest BCUT2D eigenvalue weighted by atomic mass is 10.2. The van der Waals surface area contributed by atoms with E-state index in [-0.39, 0.29) is 6.10 Å². The van der Waals surface area contributed by atoms with Crippen LogP contribution in [0.4, 0.5) is 5.82 Å². The molecule has 1 aliphatic rings. The van der Waals surface area contributed by atoms with Gasteiger partial charge < -0.3 is 9.64 Å². The van der Waals surface area contributed by atoms with E-state index >= 15 is 0 Å². The molecule has 0 amide bonds. The second kappa shape index (κ2) is 5.13. The van der Waals surface area contributed by atoms with Gasteiger partial charge in [0.2, 0.25) is 0 Å². The van der Waals surface area contributed by atoms with Crippen LogP contribution in [0.5, 0.6) is 0 Å². The third kappa shape index (κ3) is 2.33. The largest absolute Gasteiger partial charge is 0.373 e. The fraction of sp³-hybridized carbons (Fsp3) is 0.385. The SMILES string of the molecule is c1cnn(CC2CN(c3ncnc4[nH]ncc34)CCO2)c1. The maximum atomic E-state index is 5.83. The van der Waals surface area contributed by atoms with Crippen LogP contribution in [0, 0.1) is 0 Å². The van der Waals surface area contributed by atoms with Crippen molar-refractivity contribution in [2.45, 2.75) is 12.6 Å². The summed E-state index contributed by atoms with van der Waals surface area (Å²) in [7, 11) is 0. The van der Waals surface area contributed by atoms with Crippen LogP contribution in [0.1, 0.15) is 0 Å². The molecule has 4 rings (SSSR count). The van der Waals surface area contributed by atoms with Crippen LogP contribution in [-0.2, 0) is 11.3 Å². The van der Waals surface area contributed by atoms with Gasteiger partial charge in [0.25, 0.3) is 0 Å². The van der Waals surface area contributed by atoms with Crippen LogP contribution in [-0.4, -0.2) is 55.7 Å². The molecular weight excluding hydrogens is 270 g/mol. The number of fused-ring (bicyclic) bond motifs is 1. The minimum Gasteiger partial charge on any atom is -0.373 e. The Hall–Kier alpha value is -2.48. The molecule has 1 fully saturated rings. The number of ether oxygens (including phenoxy) is 1. The number of nitrogens with one attached hydrogen (secondary N) is 1. The van der Waals surface area contributed by atoms with Crippen molar-refractivity contribution in [3.63, 3.8) is 0 Å². The first-order chi connectivity index (χ1) is 10.4. The molecule has 1 atom stereocenters. The van der Waals surface area contributed by atoms with Gasteiger partial charge in [-0.15, -0.1) is 0 Å². The normalized spacial score (nSPS) is 19.2. The van der Waals surface area contributed by atoms with E-state index in [1.165, 1.54) is 0 Å². The Morgan fingerprint density at radius 2 is 2.38 bits per heavy atom. The van der Waals surface area contributed by atoms with Crippen LogP contribution in [0.2, 0.25) is 0 Å². The second-order valence-corrected chi connectivity index (χ2v) is 5.00. The van der Waals surface area contributed by atoms with Crippen LogP contribution >= 0.6 is 0 Å². The Labute approximate surface area is 120 Å². The average Bonchev–Trinajstić information content (AvgIpc) is 3.18. The van der Waals surface area contributed by atoms with E-state index in [0.717, 1.165) is 36.5 Å². The second-order valence-electron chi connectivity index (χ2n) is 5.00. The summed E-state index contributed by atoms with van der Waals surface area (Å²) in [5, 5.41) is 12.1. The van der Waals surface area contributed by atoms with E-state index in [4.69, 9.17) is 4.74 Å². The molecule has 1 aliphatic heterocycles. The number of hydrogen-bond acceptors (Lipinski definition) is 6. The first-order valence-electron chi connectivity index (χ1n) is 6.88. The van der Waals surface area contributed by atoms with Gasteiger partial charge in [-0.2, -0.15) is 10.2 Å². The third-order valence-corrected chi connectivity index (χ3v) is 3.62. The Bertz CT molecular complexity index is 723. The number of rotatable bonds is 3. The molecule has 1 N–H and O–H groups in total. The molecule has 8 nitrogen and oxygen atoms in total. The van der Waals surface area contributed by atoms with E-state index in [1.807, 2.05) is 16.9 Å². The van der Waals surface area contributed by atoms with Gasteiger partial charge in [-0.05, 0) is 6.07 Å². The van der Waals surface area contributed by atoms with Crippen molar-refractivity contribution >= 4 is 16.9 Å². The highest BCUT2D eigenvalue weighted by Crippen LogP contribution is 2.23. The van der Waals surface area contributed by atoms with Crippen molar-refractivity contribution in [2.75, 3.05) is 24.6 Å². The Morgan fingerprint density at radius 3 is 3.29 bits per heavy atom. The first-order valence-corrected chi connectivity index (χ1v) is 6.88. The van der Waals surface area contributed by atoms with E-state index in [0.29, 0.717) is 6.61 Å². The molecule has 3 aromatic heterocycles. The zero-order valence-electron chi connectivity index (χ0n) is 11.4. The molecule has 8 heteroatoms. The number of hydrogen-bond donors (Lipinski definition) is 1. The van der Waals surface area contributed by atoms with Gasteiger partial charge in [-0.3, -0.25) is 9.78 Å². The van der Waals surface area contributed by atoms with Gasteiger partial charge >= 0.3 is 0 Å². The molecule has 0 aromatic carbocycles. The standard InChI is InChI=1S/C13H15N7O/c1-2-17-20(3-1)8-10-7-19(4-5-21-10)13-11-6-16-18-12(11)14-9-15-13/h1-3,6,9-10H,4-5,7-8H2,(H,14,15,16,18). The summed E-state index contributed by atoms with van der Waals surface area (Å²) in [5.41, 5.74) is 0.759. The zero-order chi connectivity index (χ0) is 14.1. The topological polar surface area (TPSA) is 84.8 Å². The van der Waals surface area contributed by atoms with Gasteiger partial charge in [-0.1, -0.05) is 0 Å². The third-order valence-electron chi connectivity index (χ3n) is 3.62. The summed E-state index contributed by atoms with van der Waals surface area (Å²) in [4.78, 5) is 10.8. The molecule has 3 aromatic rings. The van der Waals surface area contributed by atoms with Crippen molar-refractivity contribution in [2.24, 2.45) is 0 Å². The van der Waals surface area contributed by atoms with Crippen molar-refractivity contribution in [1.82, 2.24) is 29.9 Å². The number of morpholine rings is 1. The molecule has 4 heterocycles. The highest BCUT2D eigenvalue weighted by Gasteiger charge is 2.23. The number of nitrogens with zero attached hydrogens (tertiary/aromatic N) is 6. The van der Waals surface area contributed by atoms with E-state index < -0.39 is 0 Å². The van der Waals surface area contributed by atoms with Crippen molar-refractivity contribution in [1.29, 1.82) is 0 Å². The summed E-state index contributed by atoms with van der Waals surface area (Å²) in [6.07, 6.45) is 7.15. The number of H-pyrrole nitrogens is 1. The van der Waals surface area contributed by atoms with Gasteiger partial charge in [0.15, 0.2) is 5.65 Å². The summed E-state index contributed by atoms with van der Waals surface area (Å²) >= 11 is 0. The summed E-state index contributed by atoms with van der Waals surface area (Å²) in [6.45, 7) is 3.00. The quantitative estimate of drug-likeness (QED) is 0.752. The van der Waals surface area contributed by atoms with Gasteiger partial charge in [0.05, 0.1) is 30.8 Å².